The van der Waals surface area contributed by atoms with Gasteiger partial charge in [-0.05, 0) is 6.07 Å². The Hall–Kier alpha value is -1.31. The van der Waals surface area contributed by atoms with Crippen molar-refractivity contribution in [3.63, 3.8) is 0 Å². The molecule has 0 unspecified atom stereocenters. The Balaban J connectivity index is 2.96. The van der Waals surface area contributed by atoms with Crippen LogP contribution in [0.1, 0.15) is 18.0 Å². The molecule has 1 rings (SSSR count). The van der Waals surface area contributed by atoms with Crippen LogP contribution < -0.4 is 11.5 Å². The van der Waals surface area contributed by atoms with Gasteiger partial charge in [0.2, 0.25) is 0 Å². The van der Waals surface area contributed by atoms with Gasteiger partial charge in [-0.25, -0.2) is 4.98 Å². The Morgan fingerprint density at radius 2 is 2.38 bits per heavy atom. The molecule has 0 aromatic carbocycles. The van der Waals surface area contributed by atoms with Crippen LogP contribution in [0.3, 0.4) is 0 Å². The Morgan fingerprint density at radius 3 is 2.92 bits per heavy atom. The van der Waals surface area contributed by atoms with Crippen molar-refractivity contribution in [1.82, 2.24) is 4.98 Å². The minimum absolute atomic E-state index is 0.216. The summed E-state index contributed by atoms with van der Waals surface area (Å²) in [5.74, 6) is 0. The van der Waals surface area contributed by atoms with E-state index < -0.39 is 6.04 Å². The van der Waals surface area contributed by atoms with Gasteiger partial charge in [-0.1, -0.05) is 11.6 Å². The molecule has 0 bridgehead atoms. The summed E-state index contributed by atoms with van der Waals surface area (Å²) < 4.78 is 0. The molecule has 0 aliphatic rings. The fraction of sp³-hybridized carbons (Fsp3) is 0.250. The second kappa shape index (κ2) is 4.08. The van der Waals surface area contributed by atoms with Gasteiger partial charge in [0.15, 0.2) is 0 Å². The normalized spacial score (nSPS) is 12.1. The van der Waals surface area contributed by atoms with Crippen LogP contribution in [-0.2, 0) is 0 Å². The number of nitriles is 1. The summed E-state index contributed by atoms with van der Waals surface area (Å²) in [5, 5.41) is 8.75. The van der Waals surface area contributed by atoms with Gasteiger partial charge in [0.1, 0.15) is 5.15 Å². The number of aromatic nitrogens is 1. The summed E-state index contributed by atoms with van der Waals surface area (Å²) in [6, 6.07) is 3.09. The number of nitrogen functional groups attached to an aromatic ring is 1. The van der Waals surface area contributed by atoms with Crippen molar-refractivity contribution in [2.75, 3.05) is 5.73 Å². The predicted octanol–water partition coefficient (Wildman–Crippen LogP) is 1.23. The Labute approximate surface area is 81.1 Å². The van der Waals surface area contributed by atoms with Gasteiger partial charge in [-0.3, -0.25) is 0 Å². The van der Waals surface area contributed by atoms with Gasteiger partial charge in [0, 0.05) is 23.5 Å². The summed E-state index contributed by atoms with van der Waals surface area (Å²) in [6.45, 7) is 0. The van der Waals surface area contributed by atoms with E-state index in [1.165, 1.54) is 12.3 Å². The minimum atomic E-state index is -0.394. The Bertz CT molecular complexity index is 344. The summed E-state index contributed by atoms with van der Waals surface area (Å²) in [5.41, 5.74) is 12.4. The van der Waals surface area contributed by atoms with Crippen LogP contribution in [0.15, 0.2) is 12.3 Å². The number of nitrogens with zero attached hydrogens (tertiary/aromatic N) is 2. The SMILES string of the molecule is N#CC[C@@H](N)c1cnc(Cl)cc1N. The number of hydrogen-bond acceptors (Lipinski definition) is 4. The second-order valence-corrected chi connectivity index (χ2v) is 2.99. The highest BCUT2D eigenvalue weighted by molar-refractivity contribution is 6.29. The zero-order chi connectivity index (χ0) is 9.84. The van der Waals surface area contributed by atoms with Gasteiger partial charge >= 0.3 is 0 Å². The van der Waals surface area contributed by atoms with Gasteiger partial charge in [-0.2, -0.15) is 5.26 Å². The maximum atomic E-state index is 8.43. The minimum Gasteiger partial charge on any atom is -0.398 e. The third-order valence-corrected chi connectivity index (χ3v) is 1.85. The molecule has 1 aromatic rings. The van der Waals surface area contributed by atoms with E-state index in [9.17, 15) is 0 Å². The average Bonchev–Trinajstić information content (AvgIpc) is 2.04. The quantitative estimate of drug-likeness (QED) is 0.697. The van der Waals surface area contributed by atoms with Gasteiger partial charge in [-0.15, -0.1) is 0 Å². The van der Waals surface area contributed by atoms with Gasteiger partial charge in [0.25, 0.3) is 0 Å². The van der Waals surface area contributed by atoms with E-state index >= 15 is 0 Å². The van der Waals surface area contributed by atoms with E-state index in [0.717, 1.165) is 0 Å². The molecule has 4 nitrogen and oxygen atoms in total. The number of halogens is 1. The number of hydrogen-bond donors (Lipinski definition) is 2. The van der Waals surface area contributed by atoms with Crippen LogP contribution in [0.25, 0.3) is 0 Å². The zero-order valence-corrected chi connectivity index (χ0v) is 7.62. The van der Waals surface area contributed by atoms with Crippen molar-refractivity contribution < 1.29 is 0 Å². The van der Waals surface area contributed by atoms with E-state index in [1.807, 2.05) is 6.07 Å². The zero-order valence-electron chi connectivity index (χ0n) is 6.87. The number of rotatable bonds is 2. The van der Waals surface area contributed by atoms with Gasteiger partial charge in [0.05, 0.1) is 12.5 Å². The molecule has 0 saturated carbocycles. The molecule has 0 fully saturated rings. The molecule has 0 aliphatic heterocycles. The van der Waals surface area contributed by atoms with Crippen LogP contribution in [0.2, 0.25) is 5.15 Å². The molecule has 68 valence electrons. The molecule has 1 atom stereocenters. The third kappa shape index (κ3) is 2.31. The molecular weight excluding hydrogens is 188 g/mol. The molecule has 1 aromatic heterocycles. The maximum Gasteiger partial charge on any atom is 0.131 e. The van der Waals surface area contributed by atoms with Crippen molar-refractivity contribution >= 4 is 17.3 Å². The molecular formula is C8H9ClN4. The molecule has 0 saturated heterocycles. The molecule has 4 N–H and O–H groups in total. The highest BCUT2D eigenvalue weighted by Crippen LogP contribution is 2.21. The smallest absolute Gasteiger partial charge is 0.131 e. The van der Waals surface area contributed by atoms with Crippen molar-refractivity contribution in [3.8, 4) is 6.07 Å². The maximum absolute atomic E-state index is 8.43. The van der Waals surface area contributed by atoms with E-state index in [0.29, 0.717) is 16.4 Å². The molecule has 13 heavy (non-hydrogen) atoms. The van der Waals surface area contributed by atoms with E-state index in [4.69, 9.17) is 28.3 Å². The van der Waals surface area contributed by atoms with E-state index in [-0.39, 0.29) is 6.42 Å². The fourth-order valence-electron chi connectivity index (χ4n) is 0.973. The molecule has 0 aliphatic carbocycles. The summed E-state index contributed by atoms with van der Waals surface area (Å²) in [4.78, 5) is 3.84. The van der Waals surface area contributed by atoms with Crippen LogP contribution in [0.5, 0.6) is 0 Å². The van der Waals surface area contributed by atoms with Crippen molar-refractivity contribution in [2.45, 2.75) is 12.5 Å². The molecule has 1 heterocycles. The average molecular weight is 197 g/mol. The predicted molar refractivity (Wildman–Crippen MR) is 50.8 cm³/mol. The van der Waals surface area contributed by atoms with E-state index in [1.54, 1.807) is 0 Å². The first kappa shape index (κ1) is 9.78. The second-order valence-electron chi connectivity index (χ2n) is 2.60. The fourth-order valence-corrected chi connectivity index (χ4v) is 1.14. The van der Waals surface area contributed by atoms with Crippen molar-refractivity contribution in [1.29, 1.82) is 5.26 Å². The molecule has 0 spiro atoms. The Morgan fingerprint density at radius 1 is 1.69 bits per heavy atom. The van der Waals surface area contributed by atoms with Crippen LogP contribution in [-0.4, -0.2) is 4.98 Å². The lowest BCUT2D eigenvalue weighted by Gasteiger charge is -2.09. The lowest BCUT2D eigenvalue weighted by Crippen LogP contribution is -2.12. The topological polar surface area (TPSA) is 88.7 Å². The third-order valence-electron chi connectivity index (χ3n) is 1.65. The standard InChI is InChI=1S/C8H9ClN4/c9-8-3-7(12)5(4-13-8)6(11)1-2-10/h3-4,6H,1,11H2,(H2,12,13)/t6-/m1/s1. The highest BCUT2D eigenvalue weighted by Gasteiger charge is 2.09. The molecule has 0 radical (unpaired) electrons. The van der Waals surface area contributed by atoms with Gasteiger partial charge < -0.3 is 11.5 Å². The largest absolute Gasteiger partial charge is 0.398 e. The Kier molecular flexibility index (Phi) is 3.07. The first-order valence-electron chi connectivity index (χ1n) is 3.68. The van der Waals surface area contributed by atoms with Crippen LogP contribution in [0, 0.1) is 11.3 Å². The van der Waals surface area contributed by atoms with Crippen LogP contribution >= 0.6 is 11.6 Å². The summed E-state index contributed by atoms with van der Waals surface area (Å²) in [7, 11) is 0. The highest BCUT2D eigenvalue weighted by atomic mass is 35.5. The first-order valence-corrected chi connectivity index (χ1v) is 4.06. The molecule has 0 amide bonds. The number of anilines is 1. The lowest BCUT2D eigenvalue weighted by molar-refractivity contribution is 0.747. The first-order chi connectivity index (χ1) is 6.15. The monoisotopic (exact) mass is 196 g/mol. The van der Waals surface area contributed by atoms with Crippen molar-refractivity contribution in [2.24, 2.45) is 5.73 Å². The van der Waals surface area contributed by atoms with E-state index in [2.05, 4.69) is 4.98 Å². The number of nitrogens with two attached hydrogens (primary N) is 2. The lowest BCUT2D eigenvalue weighted by atomic mass is 10.1. The van der Waals surface area contributed by atoms with Crippen LogP contribution in [0.4, 0.5) is 5.69 Å². The summed E-state index contributed by atoms with van der Waals surface area (Å²) in [6.07, 6.45) is 1.72. The van der Waals surface area contributed by atoms with Crippen molar-refractivity contribution in [3.05, 3.63) is 23.0 Å². The number of pyridine rings is 1. The summed E-state index contributed by atoms with van der Waals surface area (Å²) >= 11 is 5.60. The molecule has 5 heteroatoms.